The van der Waals surface area contributed by atoms with Crippen molar-refractivity contribution in [3.8, 4) is 22.9 Å². The third-order valence-electron chi connectivity index (χ3n) is 6.30. The van der Waals surface area contributed by atoms with E-state index in [1.54, 1.807) is 48.5 Å². The Morgan fingerprint density at radius 1 is 0.824 bits per heavy atom. The van der Waals surface area contributed by atoms with Gasteiger partial charge in [0, 0.05) is 47.3 Å². The van der Waals surface area contributed by atoms with Crippen LogP contribution in [0.25, 0.3) is 5.69 Å². The van der Waals surface area contributed by atoms with Gasteiger partial charge in [-0.3, -0.25) is 39.7 Å². The molecule has 51 heavy (non-hydrogen) atoms. The normalized spacial score (nSPS) is 10.7. The molecule has 1 heterocycles. The van der Waals surface area contributed by atoms with E-state index in [0.29, 0.717) is 29.1 Å². The molecule has 0 aliphatic rings. The van der Waals surface area contributed by atoms with Gasteiger partial charge in [-0.2, -0.15) is 8.42 Å². The van der Waals surface area contributed by atoms with Gasteiger partial charge >= 0.3 is 64.8 Å². The van der Waals surface area contributed by atoms with Crippen LogP contribution < -0.4 is 64.7 Å². The molecule has 18 nitrogen and oxygen atoms in total. The van der Waals surface area contributed by atoms with E-state index in [0.717, 1.165) is 6.07 Å². The summed E-state index contributed by atoms with van der Waals surface area (Å²) >= 11 is 0. The summed E-state index contributed by atoms with van der Waals surface area (Å²) in [6.07, 6.45) is 1.33. The molecule has 22 heteroatoms. The molecular formula is C29H23CrN7Na2O11S+2. The molecule has 0 unspecified atom stereocenters. The number of phenols is 3. The number of aromatic hydroxyl groups is 3. The molecule has 0 radical (unpaired) electrons. The molecule has 252 valence electrons. The third kappa shape index (κ3) is 11.4. The maximum atomic E-state index is 12.6. The van der Waals surface area contributed by atoms with Crippen molar-refractivity contribution >= 4 is 44.8 Å². The van der Waals surface area contributed by atoms with Crippen molar-refractivity contribution in [1.29, 1.82) is 0 Å². The summed E-state index contributed by atoms with van der Waals surface area (Å²) in [7, 11) is -4.82. The zero-order valence-electron chi connectivity index (χ0n) is 26.8. The summed E-state index contributed by atoms with van der Waals surface area (Å²) in [5.41, 5.74) is -1.17. The number of benzene rings is 4. The minimum absolute atomic E-state index is 0. The first kappa shape index (κ1) is 44.8. The van der Waals surface area contributed by atoms with Gasteiger partial charge < -0.3 is 15.3 Å². The minimum Gasteiger partial charge on any atom is -0.507 e. The monoisotopic (exact) mass is 775 g/mol. The summed E-state index contributed by atoms with van der Waals surface area (Å²) in [5.74, 6) is -1.10. The van der Waals surface area contributed by atoms with Gasteiger partial charge in [-0.25, -0.2) is 4.68 Å². The summed E-state index contributed by atoms with van der Waals surface area (Å²) in [6.45, 7) is 1.53. The molecular weight excluding hydrogens is 752 g/mol. The Morgan fingerprint density at radius 3 is 2.04 bits per heavy atom. The molecule has 0 amide bonds. The molecule has 0 spiro atoms. The van der Waals surface area contributed by atoms with E-state index in [9.17, 15) is 48.8 Å². The Kier molecular flexibility index (Phi) is 17.1. The Hall–Kier alpha value is -4.20. The second kappa shape index (κ2) is 19.4. The van der Waals surface area contributed by atoms with E-state index < -0.39 is 47.5 Å². The van der Waals surface area contributed by atoms with Crippen LogP contribution in [0.3, 0.4) is 0 Å². The number of para-hydroxylation sites is 2. The first-order chi connectivity index (χ1) is 22.7. The van der Waals surface area contributed by atoms with Crippen molar-refractivity contribution in [2.75, 3.05) is 0 Å². The van der Waals surface area contributed by atoms with Gasteiger partial charge in [0.1, 0.15) is 27.8 Å². The first-order valence-electron chi connectivity index (χ1n) is 13.2. The number of H-pyrrole nitrogens is 1. The summed E-state index contributed by atoms with van der Waals surface area (Å²) < 4.78 is 33.0. The second-order valence-corrected chi connectivity index (χ2v) is 11.0. The zero-order valence-corrected chi connectivity index (χ0v) is 32.9. The van der Waals surface area contributed by atoms with Crippen molar-refractivity contribution in [3.05, 3.63) is 127 Å². The number of aryl methyl sites for hydroxylation is 1. The molecule has 5 rings (SSSR count). The van der Waals surface area contributed by atoms with E-state index in [2.05, 4.69) is 20.3 Å². The number of aromatic amines is 1. The number of hydrogen-bond acceptors (Lipinski definition) is 13. The molecule has 0 saturated heterocycles. The topological polar surface area (TPSA) is 276 Å². The number of nitrogens with zero attached hydrogens (tertiary/aromatic N) is 6. The average Bonchev–Trinajstić information content (AvgIpc) is 3.33. The van der Waals surface area contributed by atoms with E-state index in [4.69, 9.17) is 4.55 Å². The van der Waals surface area contributed by atoms with Crippen molar-refractivity contribution in [3.63, 3.8) is 0 Å². The number of nitro groups is 2. The van der Waals surface area contributed by atoms with Gasteiger partial charge in [-0.05, 0) is 43.3 Å². The predicted molar refractivity (Wildman–Crippen MR) is 170 cm³/mol. The number of hydrogen-bond donors (Lipinski definition) is 5. The number of aromatic nitrogens is 2. The van der Waals surface area contributed by atoms with E-state index in [1.807, 2.05) is 0 Å². The molecule has 0 bridgehead atoms. The fourth-order valence-corrected chi connectivity index (χ4v) is 4.45. The Labute approximate surface area is 343 Å². The third-order valence-corrected chi connectivity index (χ3v) is 7.13. The molecule has 1 aromatic heterocycles. The minimum atomic E-state index is -4.82. The fourth-order valence-electron chi connectivity index (χ4n) is 3.93. The fraction of sp³-hybridized carbons (Fsp3) is 0.0345. The SMILES string of the molecule is Cc1[nH]n(-c2ccccc2)c(=O)c1N=Nc1cc(S(=O)(=O)O)cc([N+](=O)[O-])c1O.O=[N+]([O-])c1ccc(O)c(N=Cc2ccccc2O)c1.[Cr].[Na+].[Na+]. The van der Waals surface area contributed by atoms with Gasteiger partial charge in [0.15, 0.2) is 5.69 Å². The van der Waals surface area contributed by atoms with Crippen LogP contribution in [-0.4, -0.2) is 54.1 Å². The van der Waals surface area contributed by atoms with Crippen LogP contribution in [0.4, 0.5) is 28.4 Å². The quantitative estimate of drug-likeness (QED) is 0.0335. The first-order valence-corrected chi connectivity index (χ1v) is 14.7. The maximum absolute atomic E-state index is 12.6. The largest absolute Gasteiger partial charge is 1.00 e. The Balaban J connectivity index is 0.000000519. The van der Waals surface area contributed by atoms with Crippen LogP contribution in [-0.2, 0) is 27.5 Å². The van der Waals surface area contributed by atoms with Crippen molar-refractivity contribution in [2.24, 2.45) is 15.2 Å². The maximum Gasteiger partial charge on any atom is 1.00 e. The number of aliphatic imine (C=N–C) groups is 1. The van der Waals surface area contributed by atoms with Gasteiger partial charge in [-0.1, -0.05) is 30.3 Å². The Bertz CT molecular complexity index is 2270. The Morgan fingerprint density at radius 2 is 1.45 bits per heavy atom. The molecule has 5 aromatic rings. The van der Waals surface area contributed by atoms with Gasteiger partial charge in [-0.15, -0.1) is 10.2 Å². The van der Waals surface area contributed by atoms with Crippen LogP contribution in [0.15, 0.2) is 110 Å². The van der Waals surface area contributed by atoms with Crippen LogP contribution in [0.5, 0.6) is 17.2 Å². The number of nitrogens with one attached hydrogen (secondary N) is 1. The molecule has 5 N–H and O–H groups in total. The average molecular weight is 776 g/mol. The summed E-state index contributed by atoms with van der Waals surface area (Å²) in [5, 5.41) is 60.8. The molecule has 0 saturated carbocycles. The molecule has 0 aliphatic carbocycles. The number of non-ortho nitro benzene ring substituents is 1. The van der Waals surface area contributed by atoms with E-state index in [1.165, 1.54) is 36.0 Å². The predicted octanol–water partition coefficient (Wildman–Crippen LogP) is -0.488. The molecule has 4 aromatic carbocycles. The van der Waals surface area contributed by atoms with Gasteiger partial charge in [0.05, 0.1) is 21.2 Å². The van der Waals surface area contributed by atoms with Crippen molar-refractivity contribution in [1.82, 2.24) is 9.78 Å². The summed E-state index contributed by atoms with van der Waals surface area (Å²) in [4.78, 5) is 35.7. The van der Waals surface area contributed by atoms with E-state index >= 15 is 0 Å². The van der Waals surface area contributed by atoms with Crippen molar-refractivity contribution < 1.29 is 115 Å². The van der Waals surface area contributed by atoms with Gasteiger partial charge in [0.2, 0.25) is 5.75 Å². The number of rotatable bonds is 8. The molecule has 0 aliphatic heterocycles. The van der Waals surface area contributed by atoms with Gasteiger partial charge in [0.25, 0.3) is 21.4 Å². The standard InChI is InChI=1S/C16H13N5O7S.C13H10N2O4.Cr.2Na/c1-9-14(16(23)20(19-9)10-5-3-2-4-6-10)18-17-12-7-11(29(26,27)28)8-13(15(12)22)21(24)25;16-12-4-2-1-3-9(12)8-14-11-7-10(15(18)19)5-6-13(11)17;;;/h2-8,19,22H,1H3,(H,26,27,28);1-8,16-17H;;;/q;;;2*+1. The zero-order chi connectivity index (χ0) is 35.2. The molecule has 0 atom stereocenters. The summed E-state index contributed by atoms with van der Waals surface area (Å²) in [6, 6.07) is 19.8. The van der Waals surface area contributed by atoms with Crippen LogP contribution >= 0.6 is 0 Å². The second-order valence-electron chi connectivity index (χ2n) is 9.55. The van der Waals surface area contributed by atoms with Crippen LogP contribution in [0, 0.1) is 27.2 Å². The molecule has 0 fully saturated rings. The number of azo groups is 1. The van der Waals surface area contributed by atoms with E-state index in [-0.39, 0.29) is 105 Å². The smallest absolute Gasteiger partial charge is 0.507 e. The van der Waals surface area contributed by atoms with Crippen LogP contribution in [0.2, 0.25) is 0 Å². The van der Waals surface area contributed by atoms with Crippen molar-refractivity contribution in [2.45, 2.75) is 11.8 Å². The number of phenolic OH excluding ortho intramolecular Hbond substituents is 3. The van der Waals surface area contributed by atoms with Crippen LogP contribution in [0.1, 0.15) is 11.3 Å². The number of nitro benzene ring substituents is 2.